The summed E-state index contributed by atoms with van der Waals surface area (Å²) in [7, 11) is 1.66. The summed E-state index contributed by atoms with van der Waals surface area (Å²) >= 11 is 0. The van der Waals surface area contributed by atoms with Gasteiger partial charge in [0.2, 0.25) is 5.82 Å². The van der Waals surface area contributed by atoms with E-state index in [1.165, 1.54) is 0 Å². The molecule has 4 rings (SSSR count). The fourth-order valence-electron chi connectivity index (χ4n) is 3.52. The molecule has 1 aromatic carbocycles. The number of aliphatic hydroxyl groups is 1. The molecule has 1 aliphatic rings. The first-order valence-corrected chi connectivity index (χ1v) is 9.02. The molecule has 1 aliphatic carbocycles. The van der Waals surface area contributed by atoms with Crippen LogP contribution in [0.4, 0.5) is 0 Å². The predicted octanol–water partition coefficient (Wildman–Crippen LogP) is 3.61. The summed E-state index contributed by atoms with van der Waals surface area (Å²) in [6.45, 7) is 0.645. The number of rotatable bonds is 5. The van der Waals surface area contributed by atoms with Gasteiger partial charge in [0.25, 0.3) is 0 Å². The van der Waals surface area contributed by atoms with Gasteiger partial charge in [-0.15, -0.1) is 5.10 Å². The van der Waals surface area contributed by atoms with Crippen molar-refractivity contribution < 1.29 is 14.3 Å². The molecule has 2 heterocycles. The van der Waals surface area contributed by atoms with E-state index in [1.807, 2.05) is 41.1 Å². The summed E-state index contributed by atoms with van der Waals surface area (Å²) < 4.78 is 12.7. The monoisotopic (exact) mass is 353 g/mol. The molecule has 0 bridgehead atoms. The zero-order valence-electron chi connectivity index (χ0n) is 14.8. The van der Waals surface area contributed by atoms with Gasteiger partial charge in [0.15, 0.2) is 5.76 Å². The van der Waals surface area contributed by atoms with Gasteiger partial charge >= 0.3 is 0 Å². The molecule has 0 radical (unpaired) electrons. The molecule has 3 aromatic rings. The van der Waals surface area contributed by atoms with Crippen molar-refractivity contribution in [1.82, 2.24) is 14.8 Å². The Morgan fingerprint density at radius 2 is 1.92 bits per heavy atom. The minimum atomic E-state index is -0.186. The molecule has 6 heteroatoms. The Balaban J connectivity index is 1.64. The molecule has 2 aromatic heterocycles. The van der Waals surface area contributed by atoms with Crippen molar-refractivity contribution in [3.63, 3.8) is 0 Å². The van der Waals surface area contributed by atoms with Crippen LogP contribution in [0.15, 0.2) is 47.1 Å². The lowest BCUT2D eigenvalue weighted by Gasteiger charge is -2.24. The highest BCUT2D eigenvalue weighted by molar-refractivity contribution is 5.45. The highest BCUT2D eigenvalue weighted by Crippen LogP contribution is 2.33. The second-order valence-electron chi connectivity index (χ2n) is 6.78. The van der Waals surface area contributed by atoms with Crippen LogP contribution in [0.5, 0.6) is 5.75 Å². The van der Waals surface area contributed by atoms with Crippen LogP contribution in [0, 0.1) is 0 Å². The third-order valence-corrected chi connectivity index (χ3v) is 5.00. The van der Waals surface area contributed by atoms with E-state index >= 15 is 0 Å². The molecule has 0 saturated heterocycles. The lowest BCUT2D eigenvalue weighted by Crippen LogP contribution is -2.20. The number of nitrogens with zero attached hydrogens (tertiary/aromatic N) is 3. The maximum absolute atomic E-state index is 9.81. The van der Waals surface area contributed by atoms with Gasteiger partial charge in [0.05, 0.1) is 26.0 Å². The highest BCUT2D eigenvalue weighted by Gasteiger charge is 2.26. The Hall–Kier alpha value is -2.60. The van der Waals surface area contributed by atoms with E-state index < -0.39 is 0 Å². The van der Waals surface area contributed by atoms with Crippen molar-refractivity contribution in [2.75, 3.05) is 7.11 Å². The first-order valence-electron chi connectivity index (χ1n) is 9.02. The van der Waals surface area contributed by atoms with Crippen LogP contribution in [0.2, 0.25) is 0 Å². The first kappa shape index (κ1) is 16.8. The lowest BCUT2D eigenvalue weighted by molar-refractivity contribution is 0.120. The molecular formula is C20H23N3O3. The van der Waals surface area contributed by atoms with E-state index in [1.54, 1.807) is 13.4 Å². The Labute approximate surface area is 152 Å². The van der Waals surface area contributed by atoms with Crippen LogP contribution >= 0.6 is 0 Å². The average Bonchev–Trinajstić information content (AvgIpc) is 3.33. The second-order valence-corrected chi connectivity index (χ2v) is 6.78. The smallest absolute Gasteiger partial charge is 0.217 e. The van der Waals surface area contributed by atoms with Gasteiger partial charge in [0, 0.05) is 5.92 Å². The summed E-state index contributed by atoms with van der Waals surface area (Å²) in [5.41, 5.74) is 1.14. The highest BCUT2D eigenvalue weighted by atomic mass is 16.5. The molecule has 26 heavy (non-hydrogen) atoms. The van der Waals surface area contributed by atoms with E-state index in [0.29, 0.717) is 24.0 Å². The summed E-state index contributed by atoms with van der Waals surface area (Å²) in [6.07, 6.45) is 4.94. The zero-order chi connectivity index (χ0) is 17.9. The first-order chi connectivity index (χ1) is 12.7. The van der Waals surface area contributed by atoms with Gasteiger partial charge in [0.1, 0.15) is 11.6 Å². The summed E-state index contributed by atoms with van der Waals surface area (Å²) in [4.78, 5) is 4.78. The van der Waals surface area contributed by atoms with Crippen LogP contribution in [-0.2, 0) is 6.54 Å². The van der Waals surface area contributed by atoms with Crippen molar-refractivity contribution >= 4 is 0 Å². The Morgan fingerprint density at radius 1 is 1.15 bits per heavy atom. The number of hydrogen-bond acceptors (Lipinski definition) is 5. The van der Waals surface area contributed by atoms with Gasteiger partial charge < -0.3 is 14.3 Å². The third kappa shape index (κ3) is 3.51. The van der Waals surface area contributed by atoms with Crippen LogP contribution in [-0.4, -0.2) is 33.1 Å². The molecule has 0 atom stereocenters. The molecule has 0 unspecified atom stereocenters. The zero-order valence-corrected chi connectivity index (χ0v) is 14.8. The molecule has 1 N–H and O–H groups in total. The quantitative estimate of drug-likeness (QED) is 0.758. The Kier molecular flexibility index (Phi) is 4.75. The van der Waals surface area contributed by atoms with E-state index in [4.69, 9.17) is 19.2 Å². The Morgan fingerprint density at radius 3 is 2.58 bits per heavy atom. The minimum absolute atomic E-state index is 0.186. The molecule has 1 fully saturated rings. The molecule has 0 aliphatic heterocycles. The number of hydrogen-bond donors (Lipinski definition) is 1. The maximum atomic E-state index is 9.81. The second kappa shape index (κ2) is 7.33. The molecule has 6 nitrogen and oxygen atoms in total. The summed E-state index contributed by atoms with van der Waals surface area (Å²) in [5, 5.41) is 14.5. The largest absolute Gasteiger partial charge is 0.497 e. The molecule has 0 amide bonds. The predicted molar refractivity (Wildman–Crippen MR) is 97.0 cm³/mol. The van der Waals surface area contributed by atoms with E-state index in [9.17, 15) is 5.11 Å². The van der Waals surface area contributed by atoms with Crippen molar-refractivity contribution in [2.24, 2.45) is 0 Å². The van der Waals surface area contributed by atoms with Crippen LogP contribution < -0.4 is 4.74 Å². The van der Waals surface area contributed by atoms with Crippen LogP contribution in [0.25, 0.3) is 11.6 Å². The number of aliphatic hydroxyl groups excluding tert-OH is 1. The van der Waals surface area contributed by atoms with Crippen molar-refractivity contribution in [2.45, 2.75) is 44.2 Å². The van der Waals surface area contributed by atoms with Gasteiger partial charge in [-0.05, 0) is 55.5 Å². The van der Waals surface area contributed by atoms with E-state index in [0.717, 1.165) is 42.8 Å². The van der Waals surface area contributed by atoms with E-state index in [2.05, 4.69) is 0 Å². The number of furan rings is 1. The average molecular weight is 353 g/mol. The molecular weight excluding hydrogens is 330 g/mol. The van der Waals surface area contributed by atoms with E-state index in [-0.39, 0.29) is 6.10 Å². The van der Waals surface area contributed by atoms with Gasteiger partial charge in [-0.2, -0.15) is 0 Å². The number of benzene rings is 1. The van der Waals surface area contributed by atoms with Crippen molar-refractivity contribution in [3.05, 3.63) is 54.0 Å². The SMILES string of the molecule is COc1ccc(Cn2nc(-c3ccco3)nc2C2CCC(O)CC2)cc1. The minimum Gasteiger partial charge on any atom is -0.497 e. The number of aromatic nitrogens is 3. The summed E-state index contributed by atoms with van der Waals surface area (Å²) in [5.74, 6) is 3.41. The third-order valence-electron chi connectivity index (χ3n) is 5.00. The van der Waals surface area contributed by atoms with Gasteiger partial charge in [-0.1, -0.05) is 12.1 Å². The standard InChI is InChI=1S/C20H23N3O3/c1-25-17-10-4-14(5-11-17)13-23-20(15-6-8-16(24)9-7-15)21-19(22-23)18-3-2-12-26-18/h2-5,10-12,15-16,24H,6-9,13H2,1H3. The van der Waals surface area contributed by atoms with Crippen LogP contribution in [0.1, 0.15) is 43.0 Å². The van der Waals surface area contributed by atoms with Gasteiger partial charge in [-0.3, -0.25) is 0 Å². The topological polar surface area (TPSA) is 73.3 Å². The normalized spacial score (nSPS) is 20.2. The van der Waals surface area contributed by atoms with Crippen molar-refractivity contribution in [1.29, 1.82) is 0 Å². The lowest BCUT2D eigenvalue weighted by atomic mass is 9.87. The maximum Gasteiger partial charge on any atom is 0.217 e. The van der Waals surface area contributed by atoms with Crippen LogP contribution in [0.3, 0.4) is 0 Å². The number of methoxy groups -OCH3 is 1. The summed E-state index contributed by atoms with van der Waals surface area (Å²) in [6, 6.07) is 11.7. The molecule has 1 saturated carbocycles. The Bertz CT molecular complexity index is 832. The van der Waals surface area contributed by atoms with Gasteiger partial charge in [-0.25, -0.2) is 9.67 Å². The molecule has 136 valence electrons. The number of ether oxygens (including phenoxy) is 1. The van der Waals surface area contributed by atoms with Crippen molar-refractivity contribution in [3.8, 4) is 17.3 Å². The fourth-order valence-corrected chi connectivity index (χ4v) is 3.52. The molecule has 0 spiro atoms. The fraction of sp³-hybridized carbons (Fsp3) is 0.400.